The van der Waals surface area contributed by atoms with Crippen molar-refractivity contribution in [2.75, 3.05) is 6.61 Å². The molecule has 0 aliphatic heterocycles. The third-order valence-corrected chi connectivity index (χ3v) is 3.35. The number of hydrogen-bond donors (Lipinski definition) is 2. The van der Waals surface area contributed by atoms with Crippen molar-refractivity contribution in [3.8, 4) is 0 Å². The van der Waals surface area contributed by atoms with E-state index >= 15 is 0 Å². The summed E-state index contributed by atoms with van der Waals surface area (Å²) in [4.78, 5) is 0. The predicted molar refractivity (Wildman–Crippen MR) is 66.3 cm³/mol. The second kappa shape index (κ2) is 4.98. The fraction of sp³-hybridized carbons (Fsp3) is 0.571. The van der Waals surface area contributed by atoms with E-state index in [-0.39, 0.29) is 12.6 Å². The van der Waals surface area contributed by atoms with Gasteiger partial charge in [0.1, 0.15) is 0 Å². The largest absolute Gasteiger partial charge is 0.395 e. The normalized spacial score (nSPS) is 19.4. The highest BCUT2D eigenvalue weighted by Crippen LogP contribution is 2.42. The van der Waals surface area contributed by atoms with Crippen LogP contribution in [-0.2, 0) is 0 Å². The minimum Gasteiger partial charge on any atom is -0.395 e. The first-order valence-corrected chi connectivity index (χ1v) is 6.15. The van der Waals surface area contributed by atoms with Gasteiger partial charge >= 0.3 is 0 Å². The SMILES string of the molecule is Cc1ccccc1C(NC(C)CO)C1CC1. The first-order chi connectivity index (χ1) is 7.72. The van der Waals surface area contributed by atoms with E-state index in [1.54, 1.807) is 0 Å². The molecule has 2 heteroatoms. The van der Waals surface area contributed by atoms with E-state index in [0.717, 1.165) is 5.92 Å². The third kappa shape index (κ3) is 2.63. The van der Waals surface area contributed by atoms with Crippen LogP contribution >= 0.6 is 0 Å². The lowest BCUT2D eigenvalue weighted by Gasteiger charge is -2.24. The first-order valence-electron chi connectivity index (χ1n) is 6.15. The van der Waals surface area contributed by atoms with Crippen molar-refractivity contribution in [2.45, 2.75) is 38.8 Å². The molecule has 1 aliphatic rings. The summed E-state index contributed by atoms with van der Waals surface area (Å²) in [7, 11) is 0. The topological polar surface area (TPSA) is 32.3 Å². The number of aryl methyl sites for hydroxylation is 1. The molecule has 1 fully saturated rings. The maximum Gasteiger partial charge on any atom is 0.0582 e. The first kappa shape index (κ1) is 11.6. The summed E-state index contributed by atoms with van der Waals surface area (Å²) in [6.45, 7) is 4.40. The Morgan fingerprint density at radius 1 is 1.38 bits per heavy atom. The van der Waals surface area contributed by atoms with Gasteiger partial charge in [0.05, 0.1) is 6.61 Å². The zero-order valence-corrected chi connectivity index (χ0v) is 10.1. The van der Waals surface area contributed by atoms with Crippen LogP contribution in [0.15, 0.2) is 24.3 Å². The van der Waals surface area contributed by atoms with Gasteiger partial charge in [0.2, 0.25) is 0 Å². The van der Waals surface area contributed by atoms with Crippen LogP contribution in [0, 0.1) is 12.8 Å². The van der Waals surface area contributed by atoms with E-state index < -0.39 is 0 Å². The molecule has 0 amide bonds. The summed E-state index contributed by atoms with van der Waals surface area (Å²) in [5, 5.41) is 12.7. The molecule has 0 saturated heterocycles. The van der Waals surface area contributed by atoms with Gasteiger partial charge in [-0.05, 0) is 43.7 Å². The van der Waals surface area contributed by atoms with Crippen LogP contribution in [0.4, 0.5) is 0 Å². The number of hydrogen-bond acceptors (Lipinski definition) is 2. The minimum atomic E-state index is 0.171. The number of aliphatic hydroxyl groups is 1. The lowest BCUT2D eigenvalue weighted by Crippen LogP contribution is -2.34. The Morgan fingerprint density at radius 3 is 2.62 bits per heavy atom. The lowest BCUT2D eigenvalue weighted by molar-refractivity contribution is 0.236. The van der Waals surface area contributed by atoms with Crippen molar-refractivity contribution >= 4 is 0 Å². The zero-order valence-electron chi connectivity index (χ0n) is 10.1. The summed E-state index contributed by atoms with van der Waals surface area (Å²) in [5.74, 6) is 0.759. The van der Waals surface area contributed by atoms with E-state index in [1.807, 2.05) is 6.92 Å². The maximum atomic E-state index is 9.14. The van der Waals surface area contributed by atoms with E-state index in [4.69, 9.17) is 5.11 Å². The fourth-order valence-corrected chi connectivity index (χ4v) is 2.20. The van der Waals surface area contributed by atoms with Gasteiger partial charge in [-0.25, -0.2) is 0 Å². The molecule has 0 bridgehead atoms. The Balaban J connectivity index is 2.16. The van der Waals surface area contributed by atoms with Gasteiger partial charge in [0.15, 0.2) is 0 Å². The Kier molecular flexibility index (Phi) is 3.62. The predicted octanol–water partition coefficient (Wildman–Crippen LogP) is 2.42. The van der Waals surface area contributed by atoms with Gasteiger partial charge in [0, 0.05) is 12.1 Å². The highest BCUT2D eigenvalue weighted by molar-refractivity contribution is 5.30. The highest BCUT2D eigenvalue weighted by Gasteiger charge is 2.33. The fourth-order valence-electron chi connectivity index (χ4n) is 2.20. The van der Waals surface area contributed by atoms with Crippen LogP contribution in [-0.4, -0.2) is 17.8 Å². The molecule has 2 unspecified atom stereocenters. The van der Waals surface area contributed by atoms with Crippen LogP contribution in [0.25, 0.3) is 0 Å². The molecule has 0 spiro atoms. The molecule has 1 aromatic carbocycles. The van der Waals surface area contributed by atoms with Crippen molar-refractivity contribution in [1.82, 2.24) is 5.32 Å². The molecule has 2 nitrogen and oxygen atoms in total. The van der Waals surface area contributed by atoms with Gasteiger partial charge < -0.3 is 10.4 Å². The summed E-state index contributed by atoms with van der Waals surface area (Å²) < 4.78 is 0. The van der Waals surface area contributed by atoms with Crippen molar-refractivity contribution in [3.63, 3.8) is 0 Å². The maximum absolute atomic E-state index is 9.14. The number of nitrogens with one attached hydrogen (secondary N) is 1. The molecular weight excluding hydrogens is 198 g/mol. The third-order valence-electron chi connectivity index (χ3n) is 3.35. The smallest absolute Gasteiger partial charge is 0.0582 e. The molecule has 1 aromatic rings. The minimum absolute atomic E-state index is 0.171. The van der Waals surface area contributed by atoms with Crippen molar-refractivity contribution in [2.24, 2.45) is 5.92 Å². The quantitative estimate of drug-likeness (QED) is 0.797. The molecule has 1 saturated carbocycles. The van der Waals surface area contributed by atoms with E-state index in [2.05, 4.69) is 36.5 Å². The second-order valence-electron chi connectivity index (χ2n) is 4.92. The van der Waals surface area contributed by atoms with Gasteiger partial charge in [0.25, 0.3) is 0 Å². The second-order valence-corrected chi connectivity index (χ2v) is 4.92. The number of benzene rings is 1. The molecule has 88 valence electrons. The summed E-state index contributed by atoms with van der Waals surface area (Å²) in [6, 6.07) is 9.14. The summed E-state index contributed by atoms with van der Waals surface area (Å²) in [5.41, 5.74) is 2.74. The molecule has 2 rings (SSSR count). The van der Waals surface area contributed by atoms with Crippen LogP contribution < -0.4 is 5.32 Å². The Hall–Kier alpha value is -0.860. The zero-order chi connectivity index (χ0) is 11.5. The number of rotatable bonds is 5. The molecule has 2 atom stereocenters. The molecule has 16 heavy (non-hydrogen) atoms. The molecule has 0 aromatic heterocycles. The van der Waals surface area contributed by atoms with Crippen LogP contribution in [0.2, 0.25) is 0 Å². The van der Waals surface area contributed by atoms with Gasteiger partial charge in [-0.2, -0.15) is 0 Å². The van der Waals surface area contributed by atoms with Crippen LogP contribution in [0.1, 0.15) is 36.9 Å². The van der Waals surface area contributed by atoms with Gasteiger partial charge in [-0.15, -0.1) is 0 Å². The highest BCUT2D eigenvalue weighted by atomic mass is 16.3. The van der Waals surface area contributed by atoms with Crippen molar-refractivity contribution in [3.05, 3.63) is 35.4 Å². The monoisotopic (exact) mass is 219 g/mol. The average Bonchev–Trinajstić information content (AvgIpc) is 3.10. The molecule has 1 aliphatic carbocycles. The van der Waals surface area contributed by atoms with Gasteiger partial charge in [-0.1, -0.05) is 24.3 Å². The standard InChI is InChI=1S/C14H21NO/c1-10-5-3-4-6-13(10)14(12-7-8-12)15-11(2)9-16/h3-6,11-12,14-16H,7-9H2,1-2H3. The molecular formula is C14H21NO. The number of aliphatic hydroxyl groups excluding tert-OH is 1. The van der Waals surface area contributed by atoms with E-state index in [9.17, 15) is 0 Å². The van der Waals surface area contributed by atoms with Crippen molar-refractivity contribution < 1.29 is 5.11 Å². The molecule has 2 N–H and O–H groups in total. The van der Waals surface area contributed by atoms with Crippen LogP contribution in [0.3, 0.4) is 0 Å². The Morgan fingerprint density at radius 2 is 2.06 bits per heavy atom. The Bertz CT molecular complexity index is 346. The van der Waals surface area contributed by atoms with E-state index in [0.29, 0.717) is 6.04 Å². The average molecular weight is 219 g/mol. The Labute approximate surface area is 97.7 Å². The molecule has 0 radical (unpaired) electrons. The van der Waals surface area contributed by atoms with Gasteiger partial charge in [-0.3, -0.25) is 0 Å². The molecule has 0 heterocycles. The summed E-state index contributed by atoms with van der Waals surface area (Å²) in [6.07, 6.45) is 2.62. The van der Waals surface area contributed by atoms with Crippen molar-refractivity contribution in [1.29, 1.82) is 0 Å². The summed E-state index contributed by atoms with van der Waals surface area (Å²) >= 11 is 0. The van der Waals surface area contributed by atoms with E-state index in [1.165, 1.54) is 24.0 Å². The lowest BCUT2D eigenvalue weighted by atomic mass is 9.97. The van der Waals surface area contributed by atoms with Crippen LogP contribution in [0.5, 0.6) is 0 Å².